The third-order valence-corrected chi connectivity index (χ3v) is 7.78. The monoisotopic (exact) mass is 594 g/mol. The van der Waals surface area contributed by atoms with Crippen LogP contribution >= 0.6 is 0 Å². The number of piperidine rings is 2. The fourth-order valence-electron chi connectivity index (χ4n) is 5.60. The molecule has 2 saturated heterocycles. The van der Waals surface area contributed by atoms with Crippen LogP contribution in [-0.4, -0.2) is 69.0 Å². The van der Waals surface area contributed by atoms with Crippen LogP contribution in [0.5, 0.6) is 0 Å². The molecule has 3 N–H and O–H groups in total. The predicted molar refractivity (Wildman–Crippen MR) is 156 cm³/mol. The number of hydrogen-bond donors (Lipinski definition) is 3. The lowest BCUT2D eigenvalue weighted by Gasteiger charge is -2.29. The summed E-state index contributed by atoms with van der Waals surface area (Å²) in [4.78, 5) is 74.4. The van der Waals surface area contributed by atoms with E-state index in [0.29, 0.717) is 42.6 Å². The Labute approximate surface area is 254 Å². The van der Waals surface area contributed by atoms with Crippen molar-refractivity contribution in [2.24, 2.45) is 0 Å². The Hall–Kier alpha value is -5.26. The van der Waals surface area contributed by atoms with Crippen molar-refractivity contribution in [3.05, 3.63) is 69.8 Å². The summed E-state index contributed by atoms with van der Waals surface area (Å²) in [5.41, 5.74) is 4.31. The average Bonchev–Trinajstić information content (AvgIpc) is 3.51. The molecule has 11 heteroatoms. The topological polar surface area (TPSA) is 153 Å². The molecule has 6 amide bonds. The van der Waals surface area contributed by atoms with Crippen LogP contribution in [-0.2, 0) is 32.3 Å². The summed E-state index contributed by atoms with van der Waals surface area (Å²) in [6, 6.07) is 9.65. The van der Waals surface area contributed by atoms with Gasteiger partial charge in [0.25, 0.3) is 11.8 Å². The van der Waals surface area contributed by atoms with Gasteiger partial charge in [-0.15, -0.1) is 0 Å². The van der Waals surface area contributed by atoms with Gasteiger partial charge in [0.2, 0.25) is 23.6 Å². The second-order valence-electron chi connectivity index (χ2n) is 10.7. The SMILES string of the molecule is CCC#Cc1ccc2c(c1)C(=O)N(C1CCC(=O)NC1=O)C2.O=C1CCC(N2Cc3ccc(C#CCO)cc3C2=O)C(=O)N1. The molecule has 2 aromatic carbocycles. The quantitative estimate of drug-likeness (QED) is 0.346. The molecule has 6 rings (SSSR count). The van der Waals surface area contributed by atoms with E-state index in [0.717, 1.165) is 23.1 Å². The molecule has 2 unspecified atom stereocenters. The van der Waals surface area contributed by atoms with E-state index in [9.17, 15) is 28.8 Å². The fraction of sp³-hybridized carbons (Fsp3) is 0.333. The molecule has 0 aromatic heterocycles. The number of rotatable bonds is 2. The number of amides is 6. The highest BCUT2D eigenvalue weighted by Gasteiger charge is 2.40. The zero-order chi connectivity index (χ0) is 31.4. The molecule has 2 aromatic rings. The number of carbonyl (C=O) groups excluding carboxylic acids is 6. The Morgan fingerprint density at radius 1 is 0.727 bits per heavy atom. The molecule has 0 spiro atoms. The normalized spacial score (nSPS) is 20.3. The smallest absolute Gasteiger partial charge is 0.255 e. The van der Waals surface area contributed by atoms with Crippen LogP contribution in [0.25, 0.3) is 0 Å². The summed E-state index contributed by atoms with van der Waals surface area (Å²) in [5, 5.41) is 13.3. The van der Waals surface area contributed by atoms with Crippen molar-refractivity contribution in [1.82, 2.24) is 20.4 Å². The average molecular weight is 595 g/mol. The number of nitrogens with zero attached hydrogens (tertiary/aromatic N) is 2. The molecule has 4 aliphatic rings. The summed E-state index contributed by atoms with van der Waals surface area (Å²) in [6.45, 7) is 2.49. The van der Waals surface area contributed by atoms with Crippen molar-refractivity contribution < 1.29 is 33.9 Å². The van der Waals surface area contributed by atoms with Crippen LogP contribution in [0.15, 0.2) is 36.4 Å². The van der Waals surface area contributed by atoms with Crippen molar-refractivity contribution >= 4 is 35.4 Å². The summed E-state index contributed by atoms with van der Waals surface area (Å²) in [5.74, 6) is 9.52. The van der Waals surface area contributed by atoms with E-state index >= 15 is 0 Å². The molecule has 0 saturated carbocycles. The van der Waals surface area contributed by atoms with E-state index < -0.39 is 18.0 Å². The highest BCUT2D eigenvalue weighted by molar-refractivity contribution is 6.06. The first-order chi connectivity index (χ1) is 21.2. The molecule has 11 nitrogen and oxygen atoms in total. The lowest BCUT2D eigenvalue weighted by atomic mass is 10.0. The molecular formula is C33H30N4O7. The van der Waals surface area contributed by atoms with Crippen molar-refractivity contribution in [3.8, 4) is 23.7 Å². The minimum Gasteiger partial charge on any atom is -0.384 e. The van der Waals surface area contributed by atoms with Gasteiger partial charge in [-0.05, 0) is 48.2 Å². The number of hydrogen-bond acceptors (Lipinski definition) is 7. The lowest BCUT2D eigenvalue weighted by molar-refractivity contribution is -0.138. The first kappa shape index (κ1) is 30.2. The maximum absolute atomic E-state index is 12.6. The number of fused-ring (bicyclic) bond motifs is 2. The minimum atomic E-state index is -0.607. The van der Waals surface area contributed by atoms with Gasteiger partial charge in [-0.25, -0.2) is 0 Å². The van der Waals surface area contributed by atoms with Gasteiger partial charge in [0, 0.05) is 54.6 Å². The molecule has 2 atom stereocenters. The van der Waals surface area contributed by atoms with E-state index in [2.05, 4.69) is 34.3 Å². The number of nitrogens with one attached hydrogen (secondary N) is 2. The maximum Gasteiger partial charge on any atom is 0.255 e. The van der Waals surface area contributed by atoms with Gasteiger partial charge in [0.15, 0.2) is 0 Å². The van der Waals surface area contributed by atoms with Crippen LogP contribution in [0.4, 0.5) is 0 Å². The summed E-state index contributed by atoms with van der Waals surface area (Å²) >= 11 is 0. The Bertz CT molecular complexity index is 1580. The molecule has 0 aliphatic carbocycles. The first-order valence-electron chi connectivity index (χ1n) is 14.3. The van der Waals surface area contributed by atoms with Gasteiger partial charge in [-0.3, -0.25) is 39.4 Å². The van der Waals surface area contributed by atoms with E-state index in [4.69, 9.17) is 5.11 Å². The summed E-state index contributed by atoms with van der Waals surface area (Å²) in [7, 11) is 0. The van der Waals surface area contributed by atoms with Crippen molar-refractivity contribution in [1.29, 1.82) is 0 Å². The van der Waals surface area contributed by atoms with Gasteiger partial charge in [-0.1, -0.05) is 42.7 Å². The van der Waals surface area contributed by atoms with E-state index in [1.165, 1.54) is 4.90 Å². The lowest BCUT2D eigenvalue weighted by Crippen LogP contribution is -2.52. The number of benzene rings is 2. The highest BCUT2D eigenvalue weighted by atomic mass is 16.2. The number of aliphatic hydroxyl groups excluding tert-OH is 1. The second kappa shape index (κ2) is 12.9. The van der Waals surface area contributed by atoms with Gasteiger partial charge < -0.3 is 14.9 Å². The fourth-order valence-corrected chi connectivity index (χ4v) is 5.60. The summed E-state index contributed by atoms with van der Waals surface area (Å²) < 4.78 is 0. The second-order valence-corrected chi connectivity index (χ2v) is 10.7. The standard InChI is InChI=1S/C17H16N2O3.C16H14N2O4/c1-2-3-4-11-5-6-12-10-19(17(22)13(12)9-11)14-7-8-15(20)18-16(14)21;19-7-1-2-10-3-4-11-9-18(16(22)12(11)8-10)13-5-6-14(20)17-15(13)21/h5-6,9,14H,2,7-8,10H2,1H3,(H,18,20,21);3-4,8,13,19H,5-7,9H2,(H,17,20,21). The summed E-state index contributed by atoms with van der Waals surface area (Å²) in [6.07, 6.45) is 2.00. The van der Waals surface area contributed by atoms with Crippen LogP contribution in [0, 0.1) is 23.7 Å². The Kier molecular flexibility index (Phi) is 8.88. The molecular weight excluding hydrogens is 564 g/mol. The zero-order valence-electron chi connectivity index (χ0n) is 24.1. The molecule has 0 bridgehead atoms. The maximum atomic E-state index is 12.6. The predicted octanol–water partition coefficient (Wildman–Crippen LogP) is 1.00. The van der Waals surface area contributed by atoms with Crippen LogP contribution in [0.2, 0.25) is 0 Å². The van der Waals surface area contributed by atoms with Crippen LogP contribution in [0.3, 0.4) is 0 Å². The Balaban J connectivity index is 0.000000175. The largest absolute Gasteiger partial charge is 0.384 e. The third-order valence-electron chi connectivity index (χ3n) is 7.78. The number of imide groups is 2. The Morgan fingerprint density at radius 3 is 1.59 bits per heavy atom. The molecule has 44 heavy (non-hydrogen) atoms. The van der Waals surface area contributed by atoms with Gasteiger partial charge >= 0.3 is 0 Å². The van der Waals surface area contributed by atoms with E-state index in [1.807, 2.05) is 19.1 Å². The number of aliphatic hydroxyl groups is 1. The minimum absolute atomic E-state index is 0.162. The molecule has 224 valence electrons. The van der Waals surface area contributed by atoms with E-state index in [-0.39, 0.29) is 49.0 Å². The first-order valence-corrected chi connectivity index (χ1v) is 14.3. The van der Waals surface area contributed by atoms with Crippen molar-refractivity contribution in [3.63, 3.8) is 0 Å². The zero-order valence-corrected chi connectivity index (χ0v) is 24.1. The van der Waals surface area contributed by atoms with Crippen LogP contribution in [0.1, 0.15) is 82.0 Å². The highest BCUT2D eigenvalue weighted by Crippen LogP contribution is 2.29. The Morgan fingerprint density at radius 2 is 1.18 bits per heavy atom. The van der Waals surface area contributed by atoms with Crippen molar-refractivity contribution in [2.45, 2.75) is 64.2 Å². The molecule has 0 radical (unpaired) electrons. The van der Waals surface area contributed by atoms with Gasteiger partial charge in [0.05, 0.1) is 0 Å². The van der Waals surface area contributed by atoms with Gasteiger partial charge in [0.1, 0.15) is 18.7 Å². The van der Waals surface area contributed by atoms with E-state index in [1.54, 1.807) is 29.2 Å². The van der Waals surface area contributed by atoms with Crippen molar-refractivity contribution in [2.75, 3.05) is 6.61 Å². The number of carbonyl (C=O) groups is 6. The van der Waals surface area contributed by atoms with Crippen LogP contribution < -0.4 is 10.6 Å². The van der Waals surface area contributed by atoms with Gasteiger partial charge in [-0.2, -0.15) is 0 Å². The molecule has 4 heterocycles. The molecule has 4 aliphatic heterocycles. The molecule has 2 fully saturated rings. The third kappa shape index (κ3) is 6.24.